The molecule has 0 aliphatic rings. The van der Waals surface area contributed by atoms with Gasteiger partial charge in [-0.3, -0.25) is 4.79 Å². The second-order valence-electron chi connectivity index (χ2n) is 9.93. The van der Waals surface area contributed by atoms with Gasteiger partial charge in [0, 0.05) is 37.8 Å². The lowest BCUT2D eigenvalue weighted by Crippen LogP contribution is -2.36. The summed E-state index contributed by atoms with van der Waals surface area (Å²) in [7, 11) is 2.97. The summed E-state index contributed by atoms with van der Waals surface area (Å²) in [4.78, 5) is 33.3. The summed E-state index contributed by atoms with van der Waals surface area (Å²) in [5, 5.41) is 21.0. The van der Waals surface area contributed by atoms with Crippen LogP contribution in [0.1, 0.15) is 32.9 Å². The summed E-state index contributed by atoms with van der Waals surface area (Å²) in [6.07, 6.45) is -0.394. The predicted octanol–water partition coefficient (Wildman–Crippen LogP) is 4.74. The number of methoxy groups -OCH3 is 1. The molecule has 1 atom stereocenters. The van der Waals surface area contributed by atoms with Gasteiger partial charge in [-0.25, -0.2) is 19.2 Å². The van der Waals surface area contributed by atoms with Crippen molar-refractivity contribution in [1.29, 1.82) is 5.26 Å². The predicted molar refractivity (Wildman–Crippen MR) is 159 cm³/mol. The van der Waals surface area contributed by atoms with Gasteiger partial charge in [0.2, 0.25) is 5.88 Å². The molecule has 3 aromatic carbocycles. The normalized spacial score (nSPS) is 11.6. The lowest BCUT2D eigenvalue weighted by Gasteiger charge is -2.17. The Morgan fingerprint density at radius 2 is 1.86 bits per heavy atom. The third-order valence-electron chi connectivity index (χ3n) is 7.14. The summed E-state index contributed by atoms with van der Waals surface area (Å²) in [5.74, 6) is -0.910. The number of imidazole rings is 1. The zero-order valence-electron chi connectivity index (χ0n) is 24.0. The van der Waals surface area contributed by atoms with Crippen molar-refractivity contribution in [2.75, 3.05) is 14.2 Å². The van der Waals surface area contributed by atoms with E-state index in [1.54, 1.807) is 24.3 Å². The molecule has 2 aromatic heterocycles. The van der Waals surface area contributed by atoms with Crippen molar-refractivity contribution >= 4 is 22.9 Å². The first-order valence-electron chi connectivity index (χ1n) is 13.6. The smallest absolute Gasteiger partial charge is 0.335 e. The first-order chi connectivity index (χ1) is 21.3. The molecule has 2 heterocycles. The number of nitriles is 1. The molecule has 0 fully saturated rings. The fraction of sp³-hybridized carbons (Fsp3) is 0.182. The number of aromatic carboxylic acids is 1. The molecule has 44 heavy (non-hydrogen) atoms. The van der Waals surface area contributed by atoms with Gasteiger partial charge in [0.25, 0.3) is 5.91 Å². The number of aromatic nitrogens is 3. The van der Waals surface area contributed by atoms with E-state index in [1.165, 1.54) is 38.4 Å². The quantitative estimate of drug-likeness (QED) is 0.224. The van der Waals surface area contributed by atoms with Crippen molar-refractivity contribution in [2.24, 2.45) is 0 Å². The van der Waals surface area contributed by atoms with Gasteiger partial charge in [0.15, 0.2) is 6.10 Å². The number of rotatable bonds is 11. The molecule has 222 valence electrons. The van der Waals surface area contributed by atoms with Crippen LogP contribution in [0.25, 0.3) is 22.3 Å². The van der Waals surface area contributed by atoms with Crippen molar-refractivity contribution in [2.45, 2.75) is 25.7 Å². The van der Waals surface area contributed by atoms with Gasteiger partial charge >= 0.3 is 5.97 Å². The highest BCUT2D eigenvalue weighted by molar-refractivity contribution is 5.92. The van der Waals surface area contributed by atoms with Gasteiger partial charge in [-0.2, -0.15) is 5.26 Å². The number of benzene rings is 3. The number of nitrogens with zero attached hydrogens (tertiary/aromatic N) is 4. The summed E-state index contributed by atoms with van der Waals surface area (Å²) in [6, 6.07) is 23.9. The molecule has 0 saturated heterocycles. The fourth-order valence-corrected chi connectivity index (χ4v) is 4.75. The van der Waals surface area contributed by atoms with Gasteiger partial charge in [-0.05, 0) is 42.0 Å². The maximum absolute atomic E-state index is 14.2. The Kier molecular flexibility index (Phi) is 8.93. The summed E-state index contributed by atoms with van der Waals surface area (Å²) in [6.45, 7) is 0.109. The largest absolute Gasteiger partial charge is 0.478 e. The van der Waals surface area contributed by atoms with Crippen LogP contribution in [0.3, 0.4) is 0 Å². The van der Waals surface area contributed by atoms with Crippen LogP contribution in [-0.4, -0.2) is 51.8 Å². The van der Waals surface area contributed by atoms with Gasteiger partial charge in [0.1, 0.15) is 18.2 Å². The molecule has 0 radical (unpaired) electrons. The van der Waals surface area contributed by atoms with E-state index in [4.69, 9.17) is 19.7 Å². The molecule has 1 amide bonds. The number of carboxylic acids is 1. The molecule has 0 spiro atoms. The van der Waals surface area contributed by atoms with Crippen LogP contribution in [0, 0.1) is 17.1 Å². The Balaban J connectivity index is 1.36. The van der Waals surface area contributed by atoms with Gasteiger partial charge in [-0.15, -0.1) is 0 Å². The van der Waals surface area contributed by atoms with E-state index < -0.39 is 17.9 Å². The minimum atomic E-state index is -1.06. The van der Waals surface area contributed by atoms with Crippen LogP contribution < -0.4 is 10.1 Å². The van der Waals surface area contributed by atoms with Crippen molar-refractivity contribution in [1.82, 2.24) is 19.9 Å². The second kappa shape index (κ2) is 13.1. The van der Waals surface area contributed by atoms with Crippen LogP contribution in [0.4, 0.5) is 4.39 Å². The van der Waals surface area contributed by atoms with E-state index in [0.717, 1.165) is 11.1 Å². The molecule has 5 rings (SSSR count). The first kappa shape index (κ1) is 29.9. The number of halogens is 1. The Morgan fingerprint density at radius 1 is 1.07 bits per heavy atom. The first-order valence-corrected chi connectivity index (χ1v) is 13.6. The molecule has 0 bridgehead atoms. The number of pyridine rings is 1. The monoisotopic (exact) mass is 593 g/mol. The summed E-state index contributed by atoms with van der Waals surface area (Å²) in [5.41, 5.74) is 4.30. The molecular weight excluding hydrogens is 565 g/mol. The van der Waals surface area contributed by atoms with Crippen molar-refractivity contribution in [3.63, 3.8) is 0 Å². The minimum Gasteiger partial charge on any atom is -0.478 e. The number of ether oxygens (including phenoxy) is 2. The van der Waals surface area contributed by atoms with Crippen molar-refractivity contribution in [3.05, 3.63) is 113 Å². The van der Waals surface area contributed by atoms with Gasteiger partial charge in [-0.1, -0.05) is 36.4 Å². The zero-order chi connectivity index (χ0) is 31.2. The van der Waals surface area contributed by atoms with Crippen LogP contribution in [0.15, 0.2) is 78.9 Å². The van der Waals surface area contributed by atoms with E-state index in [2.05, 4.69) is 10.3 Å². The fourth-order valence-electron chi connectivity index (χ4n) is 4.75. The maximum atomic E-state index is 14.2. The number of amides is 1. The van der Waals surface area contributed by atoms with E-state index >= 15 is 0 Å². The number of carboxylic acid groups (broad SMARTS) is 1. The molecule has 2 N–H and O–H groups in total. The Labute approximate surface area is 252 Å². The number of hydrogen-bond donors (Lipinski definition) is 2. The third-order valence-corrected chi connectivity index (χ3v) is 7.14. The van der Waals surface area contributed by atoms with E-state index in [-0.39, 0.29) is 30.2 Å². The van der Waals surface area contributed by atoms with Crippen LogP contribution in [0.2, 0.25) is 0 Å². The summed E-state index contributed by atoms with van der Waals surface area (Å²) >= 11 is 0. The molecule has 0 aliphatic carbocycles. The van der Waals surface area contributed by atoms with Crippen LogP contribution in [-0.2, 0) is 29.1 Å². The number of likely N-dealkylation sites (N-methyl/N-ethyl adjacent to an activating group) is 1. The highest BCUT2D eigenvalue weighted by Crippen LogP contribution is 2.25. The van der Waals surface area contributed by atoms with E-state index in [9.17, 15) is 19.1 Å². The lowest BCUT2D eigenvalue weighted by atomic mass is 10.1. The SMILES string of the molecule is CNC(=O)[C@@H](Cn1c(Cc2ccc(-c3cccc(OCc4ccc(C#N)cc4F)n3)cc2)nc2ccc(C(=O)O)cc21)OC. The van der Waals surface area contributed by atoms with Crippen LogP contribution >= 0.6 is 0 Å². The molecule has 10 nitrogen and oxygen atoms in total. The topological polar surface area (TPSA) is 139 Å². The van der Waals surface area contributed by atoms with Gasteiger partial charge in [0.05, 0.1) is 40.5 Å². The Hall–Kier alpha value is -5.60. The highest BCUT2D eigenvalue weighted by Gasteiger charge is 2.22. The Morgan fingerprint density at radius 3 is 2.55 bits per heavy atom. The van der Waals surface area contributed by atoms with Crippen LogP contribution in [0.5, 0.6) is 5.88 Å². The number of hydrogen-bond acceptors (Lipinski definition) is 7. The summed E-state index contributed by atoms with van der Waals surface area (Å²) < 4.78 is 27.2. The molecule has 0 aliphatic heterocycles. The number of nitrogens with one attached hydrogen (secondary N) is 1. The molecule has 5 aromatic rings. The highest BCUT2D eigenvalue weighted by atomic mass is 19.1. The number of fused-ring (bicyclic) bond motifs is 1. The second-order valence-corrected chi connectivity index (χ2v) is 9.93. The van der Waals surface area contributed by atoms with E-state index in [0.29, 0.717) is 40.4 Å². The van der Waals surface area contributed by atoms with Crippen molar-refractivity contribution in [3.8, 4) is 23.2 Å². The molecule has 11 heteroatoms. The third kappa shape index (κ3) is 6.56. The number of carbonyl (C=O) groups is 2. The Bertz CT molecular complexity index is 1880. The standard InChI is InChI=1S/C33H28FN5O5/c1-36-32(40)29(43-2)18-39-28-16-23(33(41)42)12-13-27(28)37-30(39)15-20-6-9-22(10-7-20)26-4-3-5-31(38-26)44-19-24-11-8-21(17-35)14-25(24)34/h3-14,16,29H,15,18-19H2,1-2H3,(H,36,40)(H,41,42)/t29-/m1/s1. The average Bonchev–Trinajstić information content (AvgIpc) is 3.38. The number of carbonyl (C=O) groups excluding carboxylic acids is 1. The van der Waals surface area contributed by atoms with Gasteiger partial charge < -0.3 is 24.5 Å². The molecule has 0 unspecified atom stereocenters. The average molecular weight is 594 g/mol. The lowest BCUT2D eigenvalue weighted by molar-refractivity contribution is -0.131. The molecular formula is C33H28FN5O5. The minimum absolute atomic E-state index is 0.0360. The maximum Gasteiger partial charge on any atom is 0.335 e. The molecule has 0 saturated carbocycles. The van der Waals surface area contributed by atoms with Crippen molar-refractivity contribution < 1.29 is 28.6 Å². The zero-order valence-corrected chi connectivity index (χ0v) is 24.0. The van der Waals surface area contributed by atoms with E-state index in [1.807, 2.05) is 41.0 Å².